The highest BCUT2D eigenvalue weighted by Gasteiger charge is 2.30. The van der Waals surface area contributed by atoms with E-state index in [1.165, 1.54) is 38.6 Å². The van der Waals surface area contributed by atoms with Crippen LogP contribution in [-0.2, 0) is 6.54 Å². The van der Waals surface area contributed by atoms with E-state index in [4.69, 9.17) is 28.2 Å². The first kappa shape index (κ1) is 21.0. The molecule has 0 spiro atoms. The molecule has 5 rings (SSSR count). The highest BCUT2D eigenvalue weighted by Crippen LogP contribution is 2.32. The van der Waals surface area contributed by atoms with Gasteiger partial charge in [-0.3, -0.25) is 9.36 Å². The molecule has 2 heterocycles. The number of benzene rings is 2. The molecule has 1 aliphatic heterocycles. The molecule has 2 aliphatic rings. The Labute approximate surface area is 192 Å². The summed E-state index contributed by atoms with van der Waals surface area (Å²) in [6.07, 6.45) is 6.41. The average molecular weight is 456 g/mol. The van der Waals surface area contributed by atoms with Gasteiger partial charge in [0.1, 0.15) is 5.82 Å². The van der Waals surface area contributed by atoms with Crippen molar-refractivity contribution < 1.29 is 0 Å². The second kappa shape index (κ2) is 8.57. The molecule has 0 amide bonds. The SMILES string of the molecule is Cc1nc2ccc(-c3cc(Cl)ccc3Cl)cc2c(=O)n1C[C@H]1CCCN(C2CCC2)C1. The standard InChI is InChI=1S/C25H27Cl2N3O/c1-16-28-24-10-7-18(21-13-19(26)8-9-23(21)27)12-22(24)25(31)30(16)15-17-4-3-11-29(14-17)20-5-2-6-20/h7-10,12-13,17,20H,2-6,11,14-15H2,1H3/t17-/m0/s1. The number of likely N-dealkylation sites (tertiary alicyclic amines) is 1. The van der Waals surface area contributed by atoms with Crippen LogP contribution in [0.5, 0.6) is 0 Å². The highest BCUT2D eigenvalue weighted by atomic mass is 35.5. The quantitative estimate of drug-likeness (QED) is 0.488. The predicted octanol–water partition coefficient (Wildman–Crippen LogP) is 5.94. The van der Waals surface area contributed by atoms with Crippen LogP contribution >= 0.6 is 23.2 Å². The minimum atomic E-state index is 0.0308. The molecule has 0 bridgehead atoms. The second-order valence-electron chi connectivity index (χ2n) is 9.02. The van der Waals surface area contributed by atoms with Crippen LogP contribution in [-0.4, -0.2) is 33.6 Å². The lowest BCUT2D eigenvalue weighted by molar-refractivity contribution is 0.0713. The summed E-state index contributed by atoms with van der Waals surface area (Å²) in [6, 6.07) is 11.9. The van der Waals surface area contributed by atoms with Crippen LogP contribution in [0.4, 0.5) is 0 Å². The largest absolute Gasteiger partial charge is 0.300 e. The van der Waals surface area contributed by atoms with E-state index in [2.05, 4.69) is 4.90 Å². The molecule has 0 radical (unpaired) electrons. The molecule has 31 heavy (non-hydrogen) atoms. The van der Waals surface area contributed by atoms with Crippen LogP contribution in [0.1, 0.15) is 37.9 Å². The van der Waals surface area contributed by atoms with Crippen molar-refractivity contribution in [1.29, 1.82) is 0 Å². The van der Waals surface area contributed by atoms with E-state index in [0.717, 1.165) is 41.6 Å². The summed E-state index contributed by atoms with van der Waals surface area (Å²) in [4.78, 5) is 20.9. The summed E-state index contributed by atoms with van der Waals surface area (Å²) in [5.41, 5.74) is 2.46. The Morgan fingerprint density at radius 3 is 2.68 bits per heavy atom. The van der Waals surface area contributed by atoms with Crippen molar-refractivity contribution in [2.45, 2.75) is 51.6 Å². The zero-order valence-electron chi connectivity index (χ0n) is 17.8. The van der Waals surface area contributed by atoms with Gasteiger partial charge in [0.15, 0.2) is 0 Å². The van der Waals surface area contributed by atoms with Crippen LogP contribution in [0.3, 0.4) is 0 Å². The normalized spacial score (nSPS) is 20.2. The first-order valence-electron chi connectivity index (χ1n) is 11.2. The van der Waals surface area contributed by atoms with Crippen LogP contribution in [0.25, 0.3) is 22.0 Å². The number of fused-ring (bicyclic) bond motifs is 1. The van der Waals surface area contributed by atoms with Crippen molar-refractivity contribution in [2.24, 2.45) is 5.92 Å². The molecule has 0 N–H and O–H groups in total. The Morgan fingerprint density at radius 1 is 1.06 bits per heavy atom. The minimum Gasteiger partial charge on any atom is -0.300 e. The summed E-state index contributed by atoms with van der Waals surface area (Å²) >= 11 is 12.6. The van der Waals surface area contributed by atoms with Gasteiger partial charge in [0.25, 0.3) is 5.56 Å². The van der Waals surface area contributed by atoms with Gasteiger partial charge >= 0.3 is 0 Å². The van der Waals surface area contributed by atoms with E-state index in [0.29, 0.717) is 21.3 Å². The summed E-state index contributed by atoms with van der Waals surface area (Å²) in [7, 11) is 0. The molecular formula is C25H27Cl2N3O. The Morgan fingerprint density at radius 2 is 1.90 bits per heavy atom. The molecule has 1 saturated carbocycles. The fourth-order valence-corrected chi connectivity index (χ4v) is 5.42. The van der Waals surface area contributed by atoms with Crippen molar-refractivity contribution in [3.63, 3.8) is 0 Å². The molecule has 2 aromatic carbocycles. The van der Waals surface area contributed by atoms with Gasteiger partial charge in [0.05, 0.1) is 10.9 Å². The summed E-state index contributed by atoms with van der Waals surface area (Å²) < 4.78 is 1.88. The predicted molar refractivity (Wildman–Crippen MR) is 128 cm³/mol. The summed E-state index contributed by atoms with van der Waals surface area (Å²) in [5, 5.41) is 1.86. The van der Waals surface area contributed by atoms with Crippen molar-refractivity contribution in [3.8, 4) is 11.1 Å². The third-order valence-electron chi connectivity index (χ3n) is 6.97. The number of piperidine rings is 1. The molecule has 6 heteroatoms. The first-order valence-corrected chi connectivity index (χ1v) is 12.0. The van der Waals surface area contributed by atoms with Crippen molar-refractivity contribution in [1.82, 2.24) is 14.5 Å². The van der Waals surface area contributed by atoms with Crippen LogP contribution in [0.2, 0.25) is 10.0 Å². The van der Waals surface area contributed by atoms with E-state index in [-0.39, 0.29) is 5.56 Å². The molecule has 1 aliphatic carbocycles. The van der Waals surface area contributed by atoms with E-state index in [1.54, 1.807) is 12.1 Å². The zero-order valence-corrected chi connectivity index (χ0v) is 19.3. The topological polar surface area (TPSA) is 38.1 Å². The fourth-order valence-electron chi connectivity index (χ4n) is 5.02. The molecule has 2 fully saturated rings. The Hall–Kier alpha value is -1.88. The molecule has 3 aromatic rings. The maximum absolute atomic E-state index is 13.5. The van der Waals surface area contributed by atoms with Gasteiger partial charge in [0.2, 0.25) is 0 Å². The molecule has 1 atom stereocenters. The van der Waals surface area contributed by atoms with Gasteiger partial charge in [-0.1, -0.05) is 35.7 Å². The van der Waals surface area contributed by atoms with Crippen molar-refractivity contribution >= 4 is 34.1 Å². The number of halogens is 2. The summed E-state index contributed by atoms with van der Waals surface area (Å²) in [6.45, 7) is 4.97. The maximum Gasteiger partial charge on any atom is 0.261 e. The maximum atomic E-state index is 13.5. The number of hydrogen-bond acceptors (Lipinski definition) is 3. The third-order valence-corrected chi connectivity index (χ3v) is 7.53. The van der Waals surface area contributed by atoms with E-state index >= 15 is 0 Å². The highest BCUT2D eigenvalue weighted by molar-refractivity contribution is 6.35. The number of aromatic nitrogens is 2. The fraction of sp³-hybridized carbons (Fsp3) is 0.440. The third kappa shape index (κ3) is 4.13. The molecular weight excluding hydrogens is 429 g/mol. The van der Waals surface area contributed by atoms with Crippen molar-refractivity contribution in [3.05, 3.63) is 62.6 Å². The van der Waals surface area contributed by atoms with Gasteiger partial charge in [-0.2, -0.15) is 0 Å². The monoisotopic (exact) mass is 455 g/mol. The lowest BCUT2D eigenvalue weighted by Crippen LogP contribution is -2.47. The smallest absolute Gasteiger partial charge is 0.261 e. The average Bonchev–Trinajstić information content (AvgIpc) is 2.72. The molecule has 4 nitrogen and oxygen atoms in total. The second-order valence-corrected chi connectivity index (χ2v) is 9.86. The number of nitrogens with zero attached hydrogens (tertiary/aromatic N) is 3. The Balaban J connectivity index is 1.48. The Bertz CT molecular complexity index is 1190. The number of rotatable bonds is 4. The Kier molecular flexibility index (Phi) is 5.80. The van der Waals surface area contributed by atoms with E-state index < -0.39 is 0 Å². The van der Waals surface area contributed by atoms with Gasteiger partial charge in [-0.25, -0.2) is 4.98 Å². The van der Waals surface area contributed by atoms with Gasteiger partial charge < -0.3 is 4.90 Å². The van der Waals surface area contributed by atoms with Gasteiger partial charge in [-0.05, 0) is 81.0 Å². The van der Waals surface area contributed by atoms with Gasteiger partial charge in [-0.15, -0.1) is 0 Å². The number of hydrogen-bond donors (Lipinski definition) is 0. The lowest BCUT2D eigenvalue weighted by atomic mass is 9.88. The first-order chi connectivity index (χ1) is 15.0. The van der Waals surface area contributed by atoms with Crippen LogP contribution in [0, 0.1) is 12.8 Å². The van der Waals surface area contributed by atoms with Crippen molar-refractivity contribution in [2.75, 3.05) is 13.1 Å². The number of aryl methyl sites for hydroxylation is 1. The molecule has 1 aromatic heterocycles. The summed E-state index contributed by atoms with van der Waals surface area (Å²) in [5.74, 6) is 1.28. The molecule has 162 valence electrons. The van der Waals surface area contributed by atoms with Gasteiger partial charge in [0, 0.05) is 34.7 Å². The van der Waals surface area contributed by atoms with E-state index in [9.17, 15) is 4.79 Å². The zero-order chi connectivity index (χ0) is 21.5. The van der Waals surface area contributed by atoms with Crippen LogP contribution < -0.4 is 5.56 Å². The van der Waals surface area contributed by atoms with E-state index in [1.807, 2.05) is 35.8 Å². The minimum absolute atomic E-state index is 0.0308. The molecule has 0 unspecified atom stereocenters. The lowest BCUT2D eigenvalue weighted by Gasteiger charge is -2.42. The molecule has 1 saturated heterocycles. The van der Waals surface area contributed by atoms with Crippen LogP contribution in [0.15, 0.2) is 41.2 Å².